The van der Waals surface area contributed by atoms with Gasteiger partial charge in [-0.15, -0.1) is 11.3 Å². The molecule has 0 radical (unpaired) electrons. The van der Waals surface area contributed by atoms with Gasteiger partial charge in [0.25, 0.3) is 0 Å². The standard InChI is InChI=1S/C21H22ClN5S/c1-5-14(6-2)15-9-12(3)26-27-19(13(4)25-21(15)27)20-16(22)10-18(28-20)17-11-23-7-8-24-17/h7-11,14H,5-6H2,1-4H3. The first-order valence-corrected chi connectivity index (χ1v) is 10.7. The molecule has 0 aliphatic carbocycles. The number of thiophene rings is 1. The number of nitrogens with zero attached hydrogens (tertiary/aromatic N) is 5. The van der Waals surface area contributed by atoms with Gasteiger partial charge in [0.05, 0.1) is 38.1 Å². The largest absolute Gasteiger partial charge is 0.261 e. The van der Waals surface area contributed by atoms with Gasteiger partial charge >= 0.3 is 0 Å². The first-order valence-electron chi connectivity index (χ1n) is 9.46. The van der Waals surface area contributed by atoms with Crippen LogP contribution < -0.4 is 0 Å². The van der Waals surface area contributed by atoms with Crippen LogP contribution in [0, 0.1) is 13.8 Å². The van der Waals surface area contributed by atoms with Crippen molar-refractivity contribution < 1.29 is 0 Å². The van der Waals surface area contributed by atoms with Gasteiger partial charge in [-0.3, -0.25) is 9.97 Å². The summed E-state index contributed by atoms with van der Waals surface area (Å²) in [6.45, 7) is 8.50. The summed E-state index contributed by atoms with van der Waals surface area (Å²) in [6.07, 6.45) is 7.26. The van der Waals surface area contributed by atoms with Crippen molar-refractivity contribution in [1.82, 2.24) is 24.6 Å². The normalized spacial score (nSPS) is 11.6. The van der Waals surface area contributed by atoms with Gasteiger partial charge in [-0.2, -0.15) is 5.10 Å². The first kappa shape index (κ1) is 19.0. The lowest BCUT2D eigenvalue weighted by atomic mass is 9.95. The third-order valence-corrected chi connectivity index (χ3v) is 6.63. The second kappa shape index (κ2) is 7.60. The Hall–Kier alpha value is -2.31. The summed E-state index contributed by atoms with van der Waals surface area (Å²) in [5, 5.41) is 5.47. The third-order valence-electron chi connectivity index (χ3n) is 5.05. The molecule has 4 rings (SSSR count). The molecular weight excluding hydrogens is 390 g/mol. The van der Waals surface area contributed by atoms with Crippen molar-refractivity contribution in [2.75, 3.05) is 0 Å². The molecule has 0 fully saturated rings. The quantitative estimate of drug-likeness (QED) is 0.398. The molecule has 0 atom stereocenters. The van der Waals surface area contributed by atoms with E-state index in [0.717, 1.165) is 51.0 Å². The van der Waals surface area contributed by atoms with E-state index in [2.05, 4.69) is 29.9 Å². The average Bonchev–Trinajstić information content (AvgIpc) is 3.22. The summed E-state index contributed by atoms with van der Waals surface area (Å²) in [5.74, 6) is 0.466. The molecule has 7 heteroatoms. The Labute approximate surface area is 173 Å². The van der Waals surface area contributed by atoms with E-state index in [0.29, 0.717) is 10.9 Å². The Morgan fingerprint density at radius 2 is 1.93 bits per heavy atom. The summed E-state index contributed by atoms with van der Waals surface area (Å²) in [6, 6.07) is 4.12. The summed E-state index contributed by atoms with van der Waals surface area (Å²) in [4.78, 5) is 15.4. The van der Waals surface area contributed by atoms with Crippen LogP contribution >= 0.6 is 22.9 Å². The minimum Gasteiger partial charge on any atom is -0.261 e. The van der Waals surface area contributed by atoms with Gasteiger partial charge in [0.2, 0.25) is 0 Å². The predicted molar refractivity (Wildman–Crippen MR) is 115 cm³/mol. The van der Waals surface area contributed by atoms with Gasteiger partial charge < -0.3 is 0 Å². The van der Waals surface area contributed by atoms with Crippen molar-refractivity contribution >= 4 is 28.6 Å². The molecule has 5 nitrogen and oxygen atoms in total. The SMILES string of the molecule is CCC(CC)c1cc(C)nn2c(-c3sc(-c4cnccn4)cc3Cl)c(C)nc12. The van der Waals surface area contributed by atoms with Crippen LogP contribution in [0.15, 0.2) is 30.7 Å². The Morgan fingerprint density at radius 3 is 2.61 bits per heavy atom. The van der Waals surface area contributed by atoms with Crippen LogP contribution in [0.5, 0.6) is 0 Å². The van der Waals surface area contributed by atoms with Crippen molar-refractivity contribution in [1.29, 1.82) is 0 Å². The molecular formula is C21H22ClN5S. The van der Waals surface area contributed by atoms with Gasteiger partial charge in [-0.25, -0.2) is 9.50 Å². The highest BCUT2D eigenvalue weighted by Gasteiger charge is 2.22. The smallest absolute Gasteiger partial charge is 0.158 e. The van der Waals surface area contributed by atoms with E-state index in [-0.39, 0.29) is 0 Å². The van der Waals surface area contributed by atoms with Crippen LogP contribution in [0.1, 0.15) is 49.6 Å². The average molecular weight is 412 g/mol. The molecule has 0 aliphatic heterocycles. The summed E-state index contributed by atoms with van der Waals surface area (Å²) < 4.78 is 1.97. The zero-order chi connectivity index (χ0) is 19.8. The molecule has 0 amide bonds. The Morgan fingerprint density at radius 1 is 1.14 bits per heavy atom. The molecule has 0 bridgehead atoms. The minimum atomic E-state index is 0.466. The molecule has 0 N–H and O–H groups in total. The number of imidazole rings is 1. The Balaban J connectivity index is 1.93. The molecule has 0 saturated heterocycles. The summed E-state index contributed by atoms with van der Waals surface area (Å²) in [5.41, 5.74) is 5.87. The maximum Gasteiger partial charge on any atom is 0.158 e. The number of hydrogen-bond donors (Lipinski definition) is 0. The summed E-state index contributed by atoms with van der Waals surface area (Å²) in [7, 11) is 0. The van der Waals surface area contributed by atoms with Gasteiger partial charge in [-0.05, 0) is 44.7 Å². The first-order chi connectivity index (χ1) is 13.5. The number of rotatable bonds is 5. The second-order valence-electron chi connectivity index (χ2n) is 6.91. The third kappa shape index (κ3) is 3.20. The van der Waals surface area contributed by atoms with E-state index >= 15 is 0 Å². The molecule has 0 unspecified atom stereocenters. The van der Waals surface area contributed by atoms with E-state index in [4.69, 9.17) is 21.7 Å². The van der Waals surface area contributed by atoms with Crippen LogP contribution in [0.3, 0.4) is 0 Å². The van der Waals surface area contributed by atoms with Gasteiger partial charge in [-0.1, -0.05) is 25.4 Å². The van der Waals surface area contributed by atoms with Crippen molar-refractivity contribution in [3.8, 4) is 21.1 Å². The maximum atomic E-state index is 6.65. The van der Waals surface area contributed by atoms with Crippen LogP contribution in [0.2, 0.25) is 5.02 Å². The predicted octanol–water partition coefficient (Wildman–Crippen LogP) is 6.09. The fourth-order valence-corrected chi connectivity index (χ4v) is 5.12. The van der Waals surface area contributed by atoms with Gasteiger partial charge in [0, 0.05) is 18.0 Å². The van der Waals surface area contributed by atoms with Crippen LogP contribution in [-0.2, 0) is 0 Å². The molecule has 0 spiro atoms. The molecule has 0 aliphatic rings. The van der Waals surface area contributed by atoms with Crippen molar-refractivity contribution in [3.63, 3.8) is 0 Å². The summed E-state index contributed by atoms with van der Waals surface area (Å²) >= 11 is 8.24. The van der Waals surface area contributed by atoms with E-state index in [1.807, 2.05) is 24.4 Å². The molecule has 4 aromatic rings. The number of aryl methyl sites for hydroxylation is 2. The number of aromatic nitrogens is 5. The minimum absolute atomic E-state index is 0.466. The van der Waals surface area contributed by atoms with E-state index in [9.17, 15) is 0 Å². The topological polar surface area (TPSA) is 56.0 Å². The van der Waals surface area contributed by atoms with Crippen molar-refractivity contribution in [2.45, 2.75) is 46.5 Å². The van der Waals surface area contributed by atoms with Crippen molar-refractivity contribution in [2.24, 2.45) is 0 Å². The number of hydrogen-bond acceptors (Lipinski definition) is 5. The highest BCUT2D eigenvalue weighted by Crippen LogP contribution is 2.42. The van der Waals surface area contributed by atoms with E-state index in [1.54, 1.807) is 29.9 Å². The molecule has 0 saturated carbocycles. The van der Waals surface area contributed by atoms with Crippen molar-refractivity contribution in [3.05, 3.63) is 52.7 Å². The van der Waals surface area contributed by atoms with E-state index in [1.165, 1.54) is 5.56 Å². The fraction of sp³-hybridized carbons (Fsp3) is 0.333. The highest BCUT2D eigenvalue weighted by atomic mass is 35.5. The molecule has 0 aromatic carbocycles. The zero-order valence-electron chi connectivity index (χ0n) is 16.4. The Bertz CT molecular complexity index is 1130. The fourth-order valence-electron chi connectivity index (χ4n) is 3.65. The van der Waals surface area contributed by atoms with Crippen LogP contribution in [-0.4, -0.2) is 24.6 Å². The highest BCUT2D eigenvalue weighted by molar-refractivity contribution is 7.19. The van der Waals surface area contributed by atoms with Crippen LogP contribution in [0.4, 0.5) is 0 Å². The van der Waals surface area contributed by atoms with Gasteiger partial charge in [0.1, 0.15) is 5.69 Å². The number of fused-ring (bicyclic) bond motifs is 1. The molecule has 4 heterocycles. The lowest BCUT2D eigenvalue weighted by Crippen LogP contribution is -2.04. The molecule has 4 aromatic heterocycles. The monoisotopic (exact) mass is 411 g/mol. The van der Waals surface area contributed by atoms with Crippen LogP contribution in [0.25, 0.3) is 26.8 Å². The Kier molecular flexibility index (Phi) is 5.17. The lowest BCUT2D eigenvalue weighted by molar-refractivity contribution is 0.638. The second-order valence-corrected chi connectivity index (χ2v) is 8.37. The maximum absolute atomic E-state index is 6.65. The zero-order valence-corrected chi connectivity index (χ0v) is 18.0. The lowest BCUT2D eigenvalue weighted by Gasteiger charge is -2.14. The molecule has 144 valence electrons. The van der Waals surface area contributed by atoms with Gasteiger partial charge in [0.15, 0.2) is 5.65 Å². The number of halogens is 1. The van der Waals surface area contributed by atoms with E-state index < -0.39 is 0 Å². The molecule has 28 heavy (non-hydrogen) atoms.